The van der Waals surface area contributed by atoms with Gasteiger partial charge in [-0.25, -0.2) is 0 Å². The number of likely N-dealkylation sites (tertiary alicyclic amines) is 1. The molecule has 2 rings (SSSR count). The van der Waals surface area contributed by atoms with E-state index in [0.717, 1.165) is 30.8 Å². The van der Waals surface area contributed by atoms with E-state index >= 15 is 0 Å². The summed E-state index contributed by atoms with van der Waals surface area (Å²) in [5.74, 6) is 0.359. The lowest BCUT2D eigenvalue weighted by molar-refractivity contribution is -0.127. The maximum Gasteiger partial charge on any atom is 0.252 e. The largest absolute Gasteiger partial charge is 0.350 e. The van der Waals surface area contributed by atoms with E-state index in [2.05, 4.69) is 5.32 Å². The minimum atomic E-state index is -0.455. The Hall–Kier alpha value is -1.24. The fourth-order valence-corrected chi connectivity index (χ4v) is 3.33. The van der Waals surface area contributed by atoms with Crippen LogP contribution in [-0.4, -0.2) is 47.6 Å². The topological polar surface area (TPSA) is 75.4 Å². The van der Waals surface area contributed by atoms with Gasteiger partial charge in [-0.3, -0.25) is 9.59 Å². The number of hydrogen-bond donors (Lipinski definition) is 2. The molecule has 24 heavy (non-hydrogen) atoms. The number of carbonyl (C=O) groups is 2. The number of carbonyl (C=O) groups excluding carboxylic acids is 2. The predicted molar refractivity (Wildman–Crippen MR) is 101 cm³/mol. The molecule has 1 fully saturated rings. The number of nitrogens with one attached hydrogen (secondary N) is 1. The number of nitrogens with two attached hydrogens (primary N) is 1. The highest BCUT2D eigenvalue weighted by Gasteiger charge is 2.20. The highest BCUT2D eigenvalue weighted by atomic mass is 35.5. The van der Waals surface area contributed by atoms with E-state index in [4.69, 9.17) is 5.73 Å². The lowest BCUT2D eigenvalue weighted by Gasteiger charge is -2.19. The molecule has 1 aliphatic heterocycles. The first-order valence-electron chi connectivity index (χ1n) is 7.93. The van der Waals surface area contributed by atoms with Crippen LogP contribution in [0.3, 0.4) is 0 Å². The van der Waals surface area contributed by atoms with Crippen LogP contribution in [0.2, 0.25) is 0 Å². The smallest absolute Gasteiger partial charge is 0.252 e. The predicted octanol–water partition coefficient (Wildman–Crippen LogP) is 2.29. The monoisotopic (exact) mass is 371 g/mol. The van der Waals surface area contributed by atoms with E-state index in [1.165, 1.54) is 11.8 Å². The van der Waals surface area contributed by atoms with Gasteiger partial charge in [0.2, 0.25) is 5.91 Å². The molecule has 7 heteroatoms. The molecule has 1 saturated heterocycles. The Morgan fingerprint density at radius 3 is 2.50 bits per heavy atom. The van der Waals surface area contributed by atoms with Crippen LogP contribution in [0.1, 0.15) is 37.0 Å². The number of thioether (sulfide) groups is 1. The van der Waals surface area contributed by atoms with Gasteiger partial charge in [-0.2, -0.15) is 0 Å². The molecule has 0 saturated carbocycles. The molecular formula is C17H26ClN3O2S. The summed E-state index contributed by atoms with van der Waals surface area (Å²) in [4.78, 5) is 27.2. The van der Waals surface area contributed by atoms with Crippen molar-refractivity contribution in [2.24, 2.45) is 5.73 Å². The summed E-state index contributed by atoms with van der Waals surface area (Å²) in [6, 6.07) is 7.37. The summed E-state index contributed by atoms with van der Waals surface area (Å²) < 4.78 is 0. The van der Waals surface area contributed by atoms with Crippen LogP contribution in [0.5, 0.6) is 0 Å². The molecule has 1 aliphatic rings. The lowest BCUT2D eigenvalue weighted by Crippen LogP contribution is -2.45. The Morgan fingerprint density at radius 1 is 1.25 bits per heavy atom. The molecule has 0 unspecified atom stereocenters. The van der Waals surface area contributed by atoms with Gasteiger partial charge in [0, 0.05) is 30.1 Å². The third-order valence-corrected chi connectivity index (χ3v) is 4.70. The molecule has 1 heterocycles. The molecule has 5 nitrogen and oxygen atoms in total. The van der Waals surface area contributed by atoms with Crippen molar-refractivity contribution < 1.29 is 9.59 Å². The Morgan fingerprint density at radius 2 is 1.88 bits per heavy atom. The molecule has 134 valence electrons. The number of nitrogens with zero attached hydrogens (tertiary/aromatic N) is 1. The van der Waals surface area contributed by atoms with Crippen LogP contribution in [0, 0.1) is 0 Å². The molecule has 0 atom stereocenters. The Bertz CT molecular complexity index is 569. The maximum atomic E-state index is 12.3. The molecule has 2 amide bonds. The van der Waals surface area contributed by atoms with Crippen LogP contribution in [0.15, 0.2) is 29.2 Å². The second kappa shape index (κ2) is 9.30. The first-order valence-corrected chi connectivity index (χ1v) is 8.92. The van der Waals surface area contributed by atoms with E-state index in [1.54, 1.807) is 6.07 Å². The standard InChI is InChI=1S/C17H25N3O2S.ClH/c1-17(2,18)12-19-16(22)13-7-3-4-8-14(13)23-11-15(21)20-9-5-6-10-20;/h3-4,7-8H,5-6,9-12,18H2,1-2H3,(H,19,22);1H. The van der Waals surface area contributed by atoms with Crippen molar-refractivity contribution in [3.8, 4) is 0 Å². The van der Waals surface area contributed by atoms with Gasteiger partial charge in [-0.15, -0.1) is 24.2 Å². The fourth-order valence-electron chi connectivity index (χ4n) is 2.38. The third-order valence-electron chi connectivity index (χ3n) is 3.65. The van der Waals surface area contributed by atoms with E-state index in [0.29, 0.717) is 17.9 Å². The van der Waals surface area contributed by atoms with Crippen molar-refractivity contribution >= 4 is 36.0 Å². The van der Waals surface area contributed by atoms with Gasteiger partial charge in [0.05, 0.1) is 11.3 Å². The Labute approximate surface area is 154 Å². The molecule has 0 spiro atoms. The van der Waals surface area contributed by atoms with E-state index in [-0.39, 0.29) is 24.2 Å². The zero-order valence-electron chi connectivity index (χ0n) is 14.2. The van der Waals surface area contributed by atoms with Crippen LogP contribution >= 0.6 is 24.2 Å². The van der Waals surface area contributed by atoms with Gasteiger partial charge in [0.1, 0.15) is 0 Å². The summed E-state index contributed by atoms with van der Waals surface area (Å²) in [5, 5.41) is 2.85. The summed E-state index contributed by atoms with van der Waals surface area (Å²) in [6.07, 6.45) is 2.18. The molecular weight excluding hydrogens is 346 g/mol. The average Bonchev–Trinajstić information content (AvgIpc) is 3.04. The normalized spacial score (nSPS) is 14.2. The van der Waals surface area contributed by atoms with Gasteiger partial charge < -0.3 is 16.0 Å². The van der Waals surface area contributed by atoms with Crippen LogP contribution < -0.4 is 11.1 Å². The summed E-state index contributed by atoms with van der Waals surface area (Å²) in [5.41, 5.74) is 6.04. The molecule has 0 aromatic heterocycles. The SMILES string of the molecule is CC(C)(N)CNC(=O)c1ccccc1SCC(=O)N1CCCC1.Cl. The van der Waals surface area contributed by atoms with Crippen molar-refractivity contribution in [2.45, 2.75) is 37.1 Å². The van der Waals surface area contributed by atoms with Crippen molar-refractivity contribution in [3.63, 3.8) is 0 Å². The Balaban J connectivity index is 0.00000288. The Kier molecular flexibility index (Phi) is 8.06. The average molecular weight is 372 g/mol. The number of rotatable bonds is 6. The maximum absolute atomic E-state index is 12.3. The third kappa shape index (κ3) is 6.34. The number of halogens is 1. The second-order valence-electron chi connectivity index (χ2n) is 6.54. The van der Waals surface area contributed by atoms with Crippen molar-refractivity contribution in [1.82, 2.24) is 10.2 Å². The zero-order valence-corrected chi connectivity index (χ0v) is 15.8. The van der Waals surface area contributed by atoms with E-state index in [1.807, 2.05) is 36.9 Å². The van der Waals surface area contributed by atoms with E-state index in [9.17, 15) is 9.59 Å². The molecule has 0 radical (unpaired) electrons. The van der Waals surface area contributed by atoms with Crippen molar-refractivity contribution in [3.05, 3.63) is 29.8 Å². The minimum Gasteiger partial charge on any atom is -0.350 e. The first-order chi connectivity index (χ1) is 10.9. The van der Waals surface area contributed by atoms with Gasteiger partial charge in [0.25, 0.3) is 5.91 Å². The quantitative estimate of drug-likeness (QED) is 0.752. The van der Waals surface area contributed by atoms with Crippen LogP contribution in [0.4, 0.5) is 0 Å². The highest BCUT2D eigenvalue weighted by Crippen LogP contribution is 2.23. The molecule has 1 aromatic carbocycles. The molecule has 0 aliphatic carbocycles. The van der Waals surface area contributed by atoms with Crippen molar-refractivity contribution in [1.29, 1.82) is 0 Å². The minimum absolute atomic E-state index is 0. The van der Waals surface area contributed by atoms with Crippen molar-refractivity contribution in [2.75, 3.05) is 25.4 Å². The summed E-state index contributed by atoms with van der Waals surface area (Å²) >= 11 is 1.42. The summed E-state index contributed by atoms with van der Waals surface area (Å²) in [6.45, 7) is 5.84. The van der Waals surface area contributed by atoms with Gasteiger partial charge >= 0.3 is 0 Å². The number of hydrogen-bond acceptors (Lipinski definition) is 4. The zero-order chi connectivity index (χ0) is 16.9. The van der Waals surface area contributed by atoms with Crippen LogP contribution in [0.25, 0.3) is 0 Å². The summed E-state index contributed by atoms with van der Waals surface area (Å²) in [7, 11) is 0. The van der Waals surface area contributed by atoms with Gasteiger partial charge in [-0.1, -0.05) is 12.1 Å². The molecule has 1 aromatic rings. The van der Waals surface area contributed by atoms with E-state index < -0.39 is 5.54 Å². The van der Waals surface area contributed by atoms with Gasteiger partial charge in [-0.05, 0) is 38.8 Å². The molecule has 3 N–H and O–H groups in total. The highest BCUT2D eigenvalue weighted by molar-refractivity contribution is 8.00. The second-order valence-corrected chi connectivity index (χ2v) is 7.56. The van der Waals surface area contributed by atoms with Gasteiger partial charge in [0.15, 0.2) is 0 Å². The van der Waals surface area contributed by atoms with Crippen LogP contribution in [-0.2, 0) is 4.79 Å². The number of benzene rings is 1. The number of amides is 2. The lowest BCUT2D eigenvalue weighted by atomic mass is 10.1. The molecule has 0 bridgehead atoms. The fraction of sp³-hybridized carbons (Fsp3) is 0.529. The first kappa shape index (κ1) is 20.8.